The SMILES string of the molecule is CS(=O)(=O)c1cccc(S(=O)(=O)Nc2ccc(C(F)(F)F)cc2)c1. The zero-order valence-electron chi connectivity index (χ0n) is 12.2. The molecule has 0 atom stereocenters. The summed E-state index contributed by atoms with van der Waals surface area (Å²) in [4.78, 5) is -0.497. The molecule has 5 nitrogen and oxygen atoms in total. The van der Waals surface area contributed by atoms with Crippen molar-refractivity contribution in [3.05, 3.63) is 54.1 Å². The number of sulfonamides is 1. The van der Waals surface area contributed by atoms with Gasteiger partial charge in [0, 0.05) is 11.9 Å². The standard InChI is InChI=1S/C14H12F3NO4S2/c1-23(19,20)12-3-2-4-13(9-12)24(21,22)18-11-7-5-10(6-8-11)14(15,16)17/h2-9,18H,1H3. The number of rotatable bonds is 4. The smallest absolute Gasteiger partial charge is 0.280 e. The molecule has 130 valence electrons. The lowest BCUT2D eigenvalue weighted by atomic mass is 10.2. The minimum absolute atomic E-state index is 0.0761. The Morgan fingerprint density at radius 1 is 0.875 bits per heavy atom. The Bertz CT molecular complexity index is 950. The molecule has 0 fully saturated rings. The Hall–Kier alpha value is -2.07. The van der Waals surface area contributed by atoms with E-state index in [1.807, 2.05) is 0 Å². The molecule has 0 aliphatic carbocycles. The average molecular weight is 379 g/mol. The van der Waals surface area contributed by atoms with Gasteiger partial charge in [0.05, 0.1) is 15.4 Å². The quantitative estimate of drug-likeness (QED) is 0.886. The van der Waals surface area contributed by atoms with Crippen molar-refractivity contribution in [3.8, 4) is 0 Å². The Balaban J connectivity index is 2.32. The first-order chi connectivity index (χ1) is 10.9. The second-order valence-corrected chi connectivity index (χ2v) is 8.63. The van der Waals surface area contributed by atoms with Gasteiger partial charge in [-0.3, -0.25) is 4.72 Å². The Morgan fingerprint density at radius 2 is 1.42 bits per heavy atom. The fraction of sp³-hybridized carbons (Fsp3) is 0.143. The summed E-state index contributed by atoms with van der Waals surface area (Å²) in [6, 6.07) is 8.09. The third-order valence-electron chi connectivity index (χ3n) is 3.01. The van der Waals surface area contributed by atoms with Gasteiger partial charge in [0.2, 0.25) is 0 Å². The Morgan fingerprint density at radius 3 is 1.92 bits per heavy atom. The number of halogens is 3. The van der Waals surface area contributed by atoms with Crippen molar-refractivity contribution in [2.45, 2.75) is 16.0 Å². The van der Waals surface area contributed by atoms with Crippen molar-refractivity contribution in [3.63, 3.8) is 0 Å². The molecule has 0 aliphatic heterocycles. The topological polar surface area (TPSA) is 80.3 Å². The normalized spacial score (nSPS) is 12.8. The number of nitrogens with one attached hydrogen (secondary N) is 1. The lowest BCUT2D eigenvalue weighted by Gasteiger charge is -2.11. The van der Waals surface area contributed by atoms with Crippen LogP contribution in [-0.4, -0.2) is 23.1 Å². The number of hydrogen-bond acceptors (Lipinski definition) is 4. The van der Waals surface area contributed by atoms with Gasteiger partial charge in [0.1, 0.15) is 0 Å². The van der Waals surface area contributed by atoms with Crippen LogP contribution in [0.5, 0.6) is 0 Å². The van der Waals surface area contributed by atoms with Crippen molar-refractivity contribution in [2.75, 3.05) is 11.0 Å². The molecule has 24 heavy (non-hydrogen) atoms. The van der Waals surface area contributed by atoms with E-state index < -0.39 is 31.6 Å². The molecule has 0 saturated heterocycles. The number of sulfone groups is 1. The molecule has 0 unspecified atom stereocenters. The van der Waals surface area contributed by atoms with Crippen molar-refractivity contribution < 1.29 is 30.0 Å². The molecule has 0 aromatic heterocycles. The van der Waals surface area contributed by atoms with Crippen LogP contribution in [0.15, 0.2) is 58.3 Å². The first-order valence-electron chi connectivity index (χ1n) is 6.40. The molecule has 2 aromatic rings. The van der Waals surface area contributed by atoms with Crippen LogP contribution in [-0.2, 0) is 26.0 Å². The van der Waals surface area contributed by atoms with E-state index in [1.54, 1.807) is 0 Å². The van der Waals surface area contributed by atoms with Crippen LogP contribution in [0.25, 0.3) is 0 Å². The van der Waals surface area contributed by atoms with E-state index in [-0.39, 0.29) is 15.5 Å². The van der Waals surface area contributed by atoms with Crippen molar-refractivity contribution >= 4 is 25.5 Å². The minimum atomic E-state index is -4.53. The molecule has 0 radical (unpaired) electrons. The van der Waals surface area contributed by atoms with Gasteiger partial charge < -0.3 is 0 Å². The van der Waals surface area contributed by atoms with Gasteiger partial charge in [0.15, 0.2) is 9.84 Å². The van der Waals surface area contributed by atoms with Crippen molar-refractivity contribution in [2.24, 2.45) is 0 Å². The summed E-state index contributed by atoms with van der Waals surface area (Å²) in [5.41, 5.74) is -0.989. The highest BCUT2D eigenvalue weighted by molar-refractivity contribution is 7.93. The van der Waals surface area contributed by atoms with E-state index in [0.717, 1.165) is 36.6 Å². The van der Waals surface area contributed by atoms with E-state index in [2.05, 4.69) is 4.72 Å². The molecule has 2 rings (SSSR count). The van der Waals surface area contributed by atoms with E-state index in [4.69, 9.17) is 0 Å². The molecule has 0 saturated carbocycles. The summed E-state index contributed by atoms with van der Waals surface area (Å²) < 4.78 is 87.0. The Kier molecular flexibility index (Phi) is 4.64. The third kappa shape index (κ3) is 4.26. The molecule has 0 heterocycles. The van der Waals surface area contributed by atoms with Crippen LogP contribution >= 0.6 is 0 Å². The number of benzene rings is 2. The first-order valence-corrected chi connectivity index (χ1v) is 9.77. The monoisotopic (exact) mass is 379 g/mol. The van der Waals surface area contributed by atoms with Crippen LogP contribution in [0.2, 0.25) is 0 Å². The molecular formula is C14H12F3NO4S2. The van der Waals surface area contributed by atoms with Crippen LogP contribution in [0.3, 0.4) is 0 Å². The highest BCUT2D eigenvalue weighted by atomic mass is 32.2. The van der Waals surface area contributed by atoms with E-state index >= 15 is 0 Å². The summed E-state index contributed by atoms with van der Waals surface area (Å²) in [6.07, 6.45) is -3.59. The molecule has 0 aliphatic rings. The molecule has 10 heteroatoms. The van der Waals surface area contributed by atoms with Gasteiger partial charge in [-0.2, -0.15) is 13.2 Å². The highest BCUT2D eigenvalue weighted by Crippen LogP contribution is 2.30. The molecule has 0 amide bonds. The summed E-state index contributed by atoms with van der Waals surface area (Å²) in [6.45, 7) is 0. The van der Waals surface area contributed by atoms with Crippen molar-refractivity contribution in [1.29, 1.82) is 0 Å². The summed E-state index contributed by atoms with van der Waals surface area (Å²) in [5, 5.41) is 0. The maximum Gasteiger partial charge on any atom is 0.416 e. The molecule has 2 aromatic carbocycles. The Labute approximate surface area is 137 Å². The van der Waals surface area contributed by atoms with Crippen LogP contribution in [0.4, 0.5) is 18.9 Å². The maximum absolute atomic E-state index is 12.5. The van der Waals surface area contributed by atoms with Gasteiger partial charge in [-0.25, -0.2) is 16.8 Å². The fourth-order valence-corrected chi connectivity index (χ4v) is 3.66. The van der Waals surface area contributed by atoms with Gasteiger partial charge in [-0.1, -0.05) is 6.07 Å². The third-order valence-corrected chi connectivity index (χ3v) is 5.50. The lowest BCUT2D eigenvalue weighted by molar-refractivity contribution is -0.137. The number of alkyl halides is 3. The second-order valence-electron chi connectivity index (χ2n) is 4.93. The van der Waals surface area contributed by atoms with Crippen LogP contribution in [0, 0.1) is 0 Å². The van der Waals surface area contributed by atoms with Crippen LogP contribution < -0.4 is 4.72 Å². The predicted octanol–water partition coefficient (Wildman–Crippen LogP) is 2.91. The lowest BCUT2D eigenvalue weighted by Crippen LogP contribution is -2.14. The minimum Gasteiger partial charge on any atom is -0.280 e. The zero-order valence-corrected chi connectivity index (χ0v) is 13.8. The molecule has 0 spiro atoms. The van der Waals surface area contributed by atoms with E-state index in [0.29, 0.717) is 0 Å². The largest absolute Gasteiger partial charge is 0.416 e. The molecule has 0 bridgehead atoms. The maximum atomic E-state index is 12.5. The predicted molar refractivity (Wildman–Crippen MR) is 81.8 cm³/mol. The molecular weight excluding hydrogens is 367 g/mol. The van der Waals surface area contributed by atoms with E-state index in [1.165, 1.54) is 18.2 Å². The summed E-state index contributed by atoms with van der Waals surface area (Å²) >= 11 is 0. The fourth-order valence-electron chi connectivity index (χ4n) is 1.81. The second kappa shape index (κ2) is 6.10. The summed E-state index contributed by atoms with van der Waals surface area (Å²) in [5.74, 6) is 0. The van der Waals surface area contributed by atoms with Gasteiger partial charge >= 0.3 is 6.18 Å². The van der Waals surface area contributed by atoms with Crippen molar-refractivity contribution in [1.82, 2.24) is 0 Å². The van der Waals surface area contributed by atoms with Crippen LogP contribution in [0.1, 0.15) is 5.56 Å². The molecule has 1 N–H and O–H groups in total. The van der Waals surface area contributed by atoms with Gasteiger partial charge in [-0.05, 0) is 42.5 Å². The van der Waals surface area contributed by atoms with Gasteiger partial charge in [-0.15, -0.1) is 0 Å². The zero-order chi connectivity index (χ0) is 18.2. The average Bonchev–Trinajstić information content (AvgIpc) is 2.46. The number of anilines is 1. The number of hydrogen-bond donors (Lipinski definition) is 1. The first kappa shape index (κ1) is 18.3. The highest BCUT2D eigenvalue weighted by Gasteiger charge is 2.30. The van der Waals surface area contributed by atoms with E-state index in [9.17, 15) is 30.0 Å². The summed E-state index contributed by atoms with van der Waals surface area (Å²) in [7, 11) is -7.74. The van der Waals surface area contributed by atoms with Gasteiger partial charge in [0.25, 0.3) is 10.0 Å².